The summed E-state index contributed by atoms with van der Waals surface area (Å²) in [5.41, 5.74) is 8.84. The van der Waals surface area contributed by atoms with Crippen LogP contribution in [-0.2, 0) is 6.42 Å². The van der Waals surface area contributed by atoms with Gasteiger partial charge in [0, 0.05) is 41.4 Å². The molecule has 0 aliphatic rings. The molecule has 3 rings (SSSR count). The van der Waals surface area contributed by atoms with Crippen molar-refractivity contribution in [3.8, 4) is 6.07 Å². The molecule has 0 bridgehead atoms. The average molecular weight is 335 g/mol. The zero-order valence-corrected chi connectivity index (χ0v) is 14.0. The van der Waals surface area contributed by atoms with E-state index in [-0.39, 0.29) is 17.4 Å². The molecule has 5 N–H and O–H groups in total. The molecule has 0 fully saturated rings. The third-order valence-corrected chi connectivity index (χ3v) is 4.31. The predicted octanol–water partition coefficient (Wildman–Crippen LogP) is 2.27. The van der Waals surface area contributed by atoms with Crippen LogP contribution in [0.15, 0.2) is 42.7 Å². The van der Waals surface area contributed by atoms with Crippen molar-refractivity contribution in [2.75, 3.05) is 12.3 Å². The normalized spacial score (nSPS) is 13.5. The molecule has 0 radical (unpaired) electrons. The SMILES string of the molecule is C[C@H](Cc1c[nH]c2ccccc12)NC[C@H](O)c1cnc(N)c(C#N)c1. The van der Waals surface area contributed by atoms with Crippen molar-refractivity contribution in [3.05, 3.63) is 59.4 Å². The highest BCUT2D eigenvalue weighted by atomic mass is 16.3. The van der Waals surface area contributed by atoms with Crippen LogP contribution in [0.25, 0.3) is 10.9 Å². The standard InChI is InChI=1S/C19H21N5O/c1-12(6-14-9-23-17-5-3-2-4-16(14)17)22-11-18(25)15-7-13(8-20)19(21)24-10-15/h2-5,7,9-10,12,18,22-23,25H,6,11H2,1H3,(H2,21,24)/t12-,18+/m1/s1. The lowest BCUT2D eigenvalue weighted by Crippen LogP contribution is -2.32. The van der Waals surface area contributed by atoms with Crippen LogP contribution >= 0.6 is 0 Å². The van der Waals surface area contributed by atoms with Gasteiger partial charge in [-0.3, -0.25) is 0 Å². The number of anilines is 1. The molecule has 1 aromatic carbocycles. The molecular formula is C19H21N5O. The fourth-order valence-corrected chi connectivity index (χ4v) is 2.90. The highest BCUT2D eigenvalue weighted by Crippen LogP contribution is 2.20. The van der Waals surface area contributed by atoms with Gasteiger partial charge >= 0.3 is 0 Å². The topological polar surface area (TPSA) is 111 Å². The molecule has 0 aliphatic carbocycles. The van der Waals surface area contributed by atoms with Gasteiger partial charge in [-0.25, -0.2) is 4.98 Å². The number of nitrogens with one attached hydrogen (secondary N) is 2. The van der Waals surface area contributed by atoms with E-state index in [1.54, 1.807) is 6.07 Å². The Labute approximate surface area is 146 Å². The number of benzene rings is 1. The highest BCUT2D eigenvalue weighted by molar-refractivity contribution is 5.83. The summed E-state index contributed by atoms with van der Waals surface area (Å²) in [5.74, 6) is 0.180. The number of hydrogen-bond acceptors (Lipinski definition) is 5. The molecule has 0 saturated heterocycles. The number of fused-ring (bicyclic) bond motifs is 1. The number of hydrogen-bond donors (Lipinski definition) is 4. The van der Waals surface area contributed by atoms with E-state index >= 15 is 0 Å². The predicted molar refractivity (Wildman–Crippen MR) is 97.8 cm³/mol. The van der Waals surface area contributed by atoms with Crippen molar-refractivity contribution in [1.29, 1.82) is 5.26 Å². The third kappa shape index (κ3) is 3.79. The minimum atomic E-state index is -0.745. The molecule has 6 heteroatoms. The van der Waals surface area contributed by atoms with Gasteiger partial charge in [0.1, 0.15) is 11.9 Å². The zero-order chi connectivity index (χ0) is 17.8. The van der Waals surface area contributed by atoms with Crippen LogP contribution in [-0.4, -0.2) is 27.7 Å². The van der Waals surface area contributed by atoms with Crippen molar-refractivity contribution >= 4 is 16.7 Å². The van der Waals surface area contributed by atoms with Crippen LogP contribution in [0, 0.1) is 11.3 Å². The zero-order valence-electron chi connectivity index (χ0n) is 14.0. The van der Waals surface area contributed by atoms with E-state index in [0.717, 1.165) is 11.9 Å². The number of nitrogens with two attached hydrogens (primary N) is 1. The Morgan fingerprint density at radius 3 is 3.00 bits per heavy atom. The molecular weight excluding hydrogens is 314 g/mol. The van der Waals surface area contributed by atoms with Crippen LogP contribution in [0.5, 0.6) is 0 Å². The van der Waals surface area contributed by atoms with Gasteiger partial charge in [-0.1, -0.05) is 18.2 Å². The van der Waals surface area contributed by atoms with Gasteiger partial charge in [0.15, 0.2) is 0 Å². The molecule has 0 unspecified atom stereocenters. The summed E-state index contributed by atoms with van der Waals surface area (Å²) < 4.78 is 0. The minimum Gasteiger partial charge on any atom is -0.387 e. The number of aromatic nitrogens is 2. The molecule has 128 valence electrons. The number of nitriles is 1. The number of pyridine rings is 1. The molecule has 0 aliphatic heterocycles. The van der Waals surface area contributed by atoms with Crippen LogP contribution in [0.2, 0.25) is 0 Å². The van der Waals surface area contributed by atoms with Crippen LogP contribution in [0.1, 0.15) is 29.7 Å². The Hall–Kier alpha value is -2.88. The molecule has 6 nitrogen and oxygen atoms in total. The van der Waals surface area contributed by atoms with E-state index in [4.69, 9.17) is 11.0 Å². The van der Waals surface area contributed by atoms with Gasteiger partial charge in [-0.05, 0) is 31.0 Å². The summed E-state index contributed by atoms with van der Waals surface area (Å²) in [6.07, 6.45) is 3.64. The summed E-state index contributed by atoms with van der Waals surface area (Å²) in [7, 11) is 0. The molecule has 0 saturated carbocycles. The van der Waals surface area contributed by atoms with E-state index in [1.165, 1.54) is 17.1 Å². The lowest BCUT2D eigenvalue weighted by molar-refractivity contribution is 0.170. The maximum Gasteiger partial charge on any atom is 0.141 e. The van der Waals surface area contributed by atoms with E-state index in [0.29, 0.717) is 12.1 Å². The fourth-order valence-electron chi connectivity index (χ4n) is 2.90. The second kappa shape index (κ2) is 7.34. The van der Waals surface area contributed by atoms with Gasteiger partial charge in [0.2, 0.25) is 0 Å². The van der Waals surface area contributed by atoms with Gasteiger partial charge in [-0.15, -0.1) is 0 Å². The molecule has 0 amide bonds. The maximum atomic E-state index is 10.3. The van der Waals surface area contributed by atoms with Crippen molar-refractivity contribution in [2.45, 2.75) is 25.5 Å². The molecule has 2 aromatic heterocycles. The van der Waals surface area contributed by atoms with Crippen LogP contribution < -0.4 is 11.1 Å². The largest absolute Gasteiger partial charge is 0.387 e. The Kier molecular flexibility index (Phi) is 4.98. The average Bonchev–Trinajstić information content (AvgIpc) is 3.03. The van der Waals surface area contributed by atoms with Crippen molar-refractivity contribution in [1.82, 2.24) is 15.3 Å². The summed E-state index contributed by atoms with van der Waals surface area (Å²) in [4.78, 5) is 7.23. The molecule has 25 heavy (non-hydrogen) atoms. The number of aliphatic hydroxyl groups is 1. The smallest absolute Gasteiger partial charge is 0.141 e. The fraction of sp³-hybridized carbons (Fsp3) is 0.263. The number of nitrogens with zero attached hydrogens (tertiary/aromatic N) is 2. The van der Waals surface area contributed by atoms with Gasteiger partial charge in [-0.2, -0.15) is 5.26 Å². The second-order valence-electron chi connectivity index (χ2n) is 6.20. The van der Waals surface area contributed by atoms with Crippen molar-refractivity contribution in [3.63, 3.8) is 0 Å². The number of aliphatic hydroxyl groups excluding tert-OH is 1. The first-order valence-electron chi connectivity index (χ1n) is 8.20. The second-order valence-corrected chi connectivity index (χ2v) is 6.20. The van der Waals surface area contributed by atoms with Gasteiger partial charge in [0.25, 0.3) is 0 Å². The lowest BCUT2D eigenvalue weighted by Gasteiger charge is -2.17. The molecule has 2 atom stereocenters. The van der Waals surface area contributed by atoms with E-state index in [2.05, 4.69) is 34.3 Å². The number of rotatable bonds is 6. The monoisotopic (exact) mass is 335 g/mol. The van der Waals surface area contributed by atoms with E-state index in [9.17, 15) is 5.11 Å². The summed E-state index contributed by atoms with van der Waals surface area (Å²) in [6, 6.07) is 11.9. The number of nitrogen functional groups attached to an aromatic ring is 1. The Bertz CT molecular complexity index is 912. The Balaban J connectivity index is 1.60. The summed E-state index contributed by atoms with van der Waals surface area (Å²) >= 11 is 0. The number of H-pyrrole nitrogens is 1. The minimum absolute atomic E-state index is 0.180. The first-order valence-corrected chi connectivity index (χ1v) is 8.20. The summed E-state index contributed by atoms with van der Waals surface area (Å²) in [5, 5.41) is 23.9. The van der Waals surface area contributed by atoms with Crippen LogP contribution in [0.3, 0.4) is 0 Å². The number of aromatic amines is 1. The first kappa shape index (κ1) is 17.0. The first-order chi connectivity index (χ1) is 12.1. The van der Waals surface area contributed by atoms with Gasteiger partial charge in [0.05, 0.1) is 11.7 Å². The Morgan fingerprint density at radius 1 is 1.40 bits per heavy atom. The molecule has 3 aromatic rings. The maximum absolute atomic E-state index is 10.3. The number of para-hydroxylation sites is 1. The highest BCUT2D eigenvalue weighted by Gasteiger charge is 2.13. The van der Waals surface area contributed by atoms with Crippen LogP contribution in [0.4, 0.5) is 5.82 Å². The molecule has 2 heterocycles. The lowest BCUT2D eigenvalue weighted by atomic mass is 10.1. The quantitative estimate of drug-likeness (QED) is 0.552. The molecule has 0 spiro atoms. The van der Waals surface area contributed by atoms with Crippen molar-refractivity contribution < 1.29 is 5.11 Å². The van der Waals surface area contributed by atoms with Crippen molar-refractivity contribution in [2.24, 2.45) is 0 Å². The van der Waals surface area contributed by atoms with E-state index in [1.807, 2.05) is 24.4 Å². The van der Waals surface area contributed by atoms with Gasteiger partial charge < -0.3 is 21.1 Å². The summed E-state index contributed by atoms with van der Waals surface area (Å²) in [6.45, 7) is 2.45. The third-order valence-electron chi connectivity index (χ3n) is 4.31. The Morgan fingerprint density at radius 2 is 2.20 bits per heavy atom. The van der Waals surface area contributed by atoms with E-state index < -0.39 is 6.10 Å².